The molecule has 0 fully saturated rings. The summed E-state index contributed by atoms with van der Waals surface area (Å²) in [6.45, 7) is 8.81. The van der Waals surface area contributed by atoms with Crippen LogP contribution in [-0.4, -0.2) is 56.5 Å². The highest BCUT2D eigenvalue weighted by Gasteiger charge is 2.24. The molecule has 1 heterocycles. The number of nitrogens with zero attached hydrogens (tertiary/aromatic N) is 2. The largest absolute Gasteiger partial charge is 0.357 e. The number of anilines is 1. The minimum atomic E-state index is 0. The highest BCUT2D eigenvalue weighted by atomic mass is 127. The van der Waals surface area contributed by atoms with Crippen LogP contribution in [0.5, 0.6) is 0 Å². The Morgan fingerprint density at radius 3 is 2.64 bits per heavy atom. The standard InChI is InChI=1S/C21H35N5O.HI/c1-6-22-21(24-14-17(26(4)5)11-15(2)3)23-13-16-12-20(27)25-19-10-8-7-9-18(16)19;/h7-10,15-17H,6,11-14H2,1-5H3,(H,25,27)(H2,22,23,24);1H. The summed E-state index contributed by atoms with van der Waals surface area (Å²) in [6, 6.07) is 8.45. The maximum Gasteiger partial charge on any atom is 0.225 e. The van der Waals surface area contributed by atoms with Crippen LogP contribution in [-0.2, 0) is 4.79 Å². The fraction of sp³-hybridized carbons (Fsp3) is 0.619. The Morgan fingerprint density at radius 2 is 2.00 bits per heavy atom. The van der Waals surface area contributed by atoms with Gasteiger partial charge in [0.05, 0.1) is 6.54 Å². The molecule has 1 aromatic rings. The van der Waals surface area contributed by atoms with Gasteiger partial charge in [0.2, 0.25) is 5.91 Å². The fourth-order valence-corrected chi connectivity index (χ4v) is 3.44. The van der Waals surface area contributed by atoms with E-state index in [9.17, 15) is 4.79 Å². The van der Waals surface area contributed by atoms with Gasteiger partial charge in [-0.2, -0.15) is 0 Å². The monoisotopic (exact) mass is 501 g/mol. The molecule has 0 bridgehead atoms. The smallest absolute Gasteiger partial charge is 0.225 e. The molecule has 158 valence electrons. The molecular formula is C21H36IN5O. The van der Waals surface area contributed by atoms with Crippen LogP contribution in [0.4, 0.5) is 5.69 Å². The lowest BCUT2D eigenvalue weighted by atomic mass is 9.90. The fourth-order valence-electron chi connectivity index (χ4n) is 3.44. The van der Waals surface area contributed by atoms with E-state index in [1.54, 1.807) is 0 Å². The van der Waals surface area contributed by atoms with Crippen molar-refractivity contribution in [2.75, 3.05) is 39.0 Å². The van der Waals surface area contributed by atoms with E-state index in [1.807, 2.05) is 18.2 Å². The molecule has 2 rings (SSSR count). The van der Waals surface area contributed by atoms with Gasteiger partial charge in [-0.25, -0.2) is 0 Å². The van der Waals surface area contributed by atoms with Crippen LogP contribution in [0.15, 0.2) is 29.3 Å². The molecule has 0 aliphatic carbocycles. The number of aliphatic imine (C=N–C) groups is 1. The summed E-state index contributed by atoms with van der Waals surface area (Å²) in [5.74, 6) is 1.68. The topological polar surface area (TPSA) is 68.8 Å². The van der Waals surface area contributed by atoms with Gasteiger partial charge < -0.3 is 20.9 Å². The van der Waals surface area contributed by atoms with E-state index in [1.165, 1.54) is 5.56 Å². The summed E-state index contributed by atoms with van der Waals surface area (Å²) < 4.78 is 0. The van der Waals surface area contributed by atoms with Crippen molar-refractivity contribution in [3.05, 3.63) is 29.8 Å². The van der Waals surface area contributed by atoms with Gasteiger partial charge in [0.1, 0.15) is 0 Å². The molecule has 3 N–H and O–H groups in total. The number of fused-ring (bicyclic) bond motifs is 1. The molecule has 28 heavy (non-hydrogen) atoms. The Bertz CT molecular complexity index is 647. The molecule has 1 aliphatic rings. The van der Waals surface area contributed by atoms with Crippen LogP contribution in [0.2, 0.25) is 0 Å². The molecule has 1 amide bonds. The lowest BCUT2D eigenvalue weighted by Crippen LogP contribution is -2.42. The molecule has 0 saturated heterocycles. The van der Waals surface area contributed by atoms with Gasteiger partial charge >= 0.3 is 0 Å². The molecule has 6 nitrogen and oxygen atoms in total. The summed E-state index contributed by atoms with van der Waals surface area (Å²) in [7, 11) is 4.22. The van der Waals surface area contributed by atoms with Crippen LogP contribution in [0, 0.1) is 5.92 Å². The van der Waals surface area contributed by atoms with Crippen molar-refractivity contribution in [3.8, 4) is 0 Å². The Balaban J connectivity index is 0.00000392. The van der Waals surface area contributed by atoms with Crippen LogP contribution < -0.4 is 16.0 Å². The second kappa shape index (κ2) is 12.3. The average molecular weight is 501 g/mol. The van der Waals surface area contributed by atoms with Crippen molar-refractivity contribution < 1.29 is 4.79 Å². The third kappa shape index (κ3) is 7.58. The number of carbonyl (C=O) groups excluding carboxylic acids is 1. The number of guanidine groups is 1. The Kier molecular flexibility index (Phi) is 10.8. The van der Waals surface area contributed by atoms with Gasteiger partial charge in [0.15, 0.2) is 5.96 Å². The van der Waals surface area contributed by atoms with Crippen molar-refractivity contribution in [2.24, 2.45) is 10.9 Å². The SMILES string of the molecule is CCNC(=NCC(CC(C)C)N(C)C)NCC1CC(=O)Nc2ccccc21.I. The second-order valence-corrected chi connectivity index (χ2v) is 7.88. The van der Waals surface area contributed by atoms with E-state index in [2.05, 4.69) is 61.8 Å². The van der Waals surface area contributed by atoms with Gasteiger partial charge in [-0.3, -0.25) is 9.79 Å². The maximum atomic E-state index is 12.0. The van der Waals surface area contributed by atoms with E-state index >= 15 is 0 Å². The van der Waals surface area contributed by atoms with Crippen molar-refractivity contribution in [1.29, 1.82) is 0 Å². The van der Waals surface area contributed by atoms with Gasteiger partial charge in [0, 0.05) is 37.2 Å². The maximum absolute atomic E-state index is 12.0. The van der Waals surface area contributed by atoms with Crippen molar-refractivity contribution >= 4 is 41.5 Å². The molecule has 2 unspecified atom stereocenters. The van der Waals surface area contributed by atoms with Crippen LogP contribution in [0.1, 0.15) is 45.1 Å². The van der Waals surface area contributed by atoms with E-state index < -0.39 is 0 Å². The zero-order chi connectivity index (χ0) is 19.8. The lowest BCUT2D eigenvalue weighted by Gasteiger charge is -2.27. The van der Waals surface area contributed by atoms with Gasteiger partial charge in [-0.15, -0.1) is 24.0 Å². The number of para-hydroxylation sites is 1. The number of benzene rings is 1. The summed E-state index contributed by atoms with van der Waals surface area (Å²) in [5, 5.41) is 9.72. The van der Waals surface area contributed by atoms with Gasteiger partial charge in [0.25, 0.3) is 0 Å². The molecule has 1 aromatic carbocycles. The van der Waals surface area contributed by atoms with Crippen molar-refractivity contribution in [3.63, 3.8) is 0 Å². The number of nitrogens with one attached hydrogen (secondary N) is 3. The highest BCUT2D eigenvalue weighted by molar-refractivity contribution is 14.0. The minimum Gasteiger partial charge on any atom is -0.357 e. The first-order valence-corrected chi connectivity index (χ1v) is 9.98. The Morgan fingerprint density at radius 1 is 1.29 bits per heavy atom. The minimum absolute atomic E-state index is 0. The second-order valence-electron chi connectivity index (χ2n) is 7.88. The molecule has 0 aromatic heterocycles. The summed E-state index contributed by atoms with van der Waals surface area (Å²) >= 11 is 0. The normalized spacial score (nSPS) is 17.6. The third-order valence-corrected chi connectivity index (χ3v) is 4.90. The summed E-state index contributed by atoms with van der Waals surface area (Å²) in [5.41, 5.74) is 2.11. The molecule has 7 heteroatoms. The van der Waals surface area contributed by atoms with Crippen molar-refractivity contribution in [2.45, 2.75) is 45.6 Å². The highest BCUT2D eigenvalue weighted by Crippen LogP contribution is 2.31. The number of likely N-dealkylation sites (N-methyl/N-ethyl adjacent to an activating group) is 1. The first-order valence-electron chi connectivity index (χ1n) is 9.98. The van der Waals surface area contributed by atoms with Crippen LogP contribution in [0.25, 0.3) is 0 Å². The first kappa shape index (κ1) is 24.7. The van der Waals surface area contributed by atoms with Crippen LogP contribution >= 0.6 is 24.0 Å². The predicted octanol–water partition coefficient (Wildman–Crippen LogP) is 3.26. The number of carbonyl (C=O) groups is 1. The quantitative estimate of drug-likeness (QED) is 0.291. The third-order valence-electron chi connectivity index (χ3n) is 4.90. The number of halogens is 1. The molecule has 1 aliphatic heterocycles. The molecular weight excluding hydrogens is 465 g/mol. The Hall–Kier alpha value is -1.35. The first-order chi connectivity index (χ1) is 12.9. The summed E-state index contributed by atoms with van der Waals surface area (Å²) in [4.78, 5) is 19.1. The Labute approximate surface area is 187 Å². The van der Waals surface area contributed by atoms with E-state index in [4.69, 9.17) is 4.99 Å². The number of amides is 1. The number of hydrogen-bond acceptors (Lipinski definition) is 3. The van der Waals surface area contributed by atoms with E-state index in [0.717, 1.165) is 31.2 Å². The zero-order valence-electron chi connectivity index (χ0n) is 17.8. The van der Waals surface area contributed by atoms with Crippen LogP contribution in [0.3, 0.4) is 0 Å². The molecule has 0 saturated carbocycles. The van der Waals surface area contributed by atoms with Gasteiger partial charge in [-0.1, -0.05) is 32.0 Å². The van der Waals surface area contributed by atoms with E-state index in [0.29, 0.717) is 24.9 Å². The molecule has 2 atom stereocenters. The lowest BCUT2D eigenvalue weighted by molar-refractivity contribution is -0.116. The molecule has 0 spiro atoms. The molecule has 0 radical (unpaired) electrons. The summed E-state index contributed by atoms with van der Waals surface area (Å²) in [6.07, 6.45) is 1.61. The average Bonchev–Trinajstić information content (AvgIpc) is 2.61. The van der Waals surface area contributed by atoms with Crippen molar-refractivity contribution in [1.82, 2.24) is 15.5 Å². The number of hydrogen-bond donors (Lipinski definition) is 3. The van der Waals surface area contributed by atoms with E-state index in [-0.39, 0.29) is 35.8 Å². The zero-order valence-corrected chi connectivity index (χ0v) is 20.1. The predicted molar refractivity (Wildman–Crippen MR) is 129 cm³/mol. The number of rotatable bonds is 8. The van der Waals surface area contributed by atoms with Gasteiger partial charge in [-0.05, 0) is 45.0 Å².